The number of hydrogen-bond donors (Lipinski definition) is 1. The highest BCUT2D eigenvalue weighted by Crippen LogP contribution is 2.29. The number of rotatable bonds is 5. The molecule has 19 heavy (non-hydrogen) atoms. The molecule has 0 fully saturated rings. The zero-order valence-electron chi connectivity index (χ0n) is 11.1. The second-order valence-corrected chi connectivity index (χ2v) is 5.24. The lowest BCUT2D eigenvalue weighted by Gasteiger charge is -2.30. The van der Waals surface area contributed by atoms with Crippen molar-refractivity contribution in [3.63, 3.8) is 0 Å². The minimum atomic E-state index is -0.956. The van der Waals surface area contributed by atoms with Crippen molar-refractivity contribution in [3.05, 3.63) is 33.9 Å². The Hall–Kier alpha value is -1.76. The summed E-state index contributed by atoms with van der Waals surface area (Å²) in [5.41, 5.74) is 4.35. The van der Waals surface area contributed by atoms with Crippen molar-refractivity contribution in [3.8, 4) is 0 Å². The van der Waals surface area contributed by atoms with E-state index in [1.807, 2.05) is 13.8 Å². The molecule has 0 aliphatic carbocycles. The second-order valence-electron chi connectivity index (χ2n) is 5.24. The first-order valence-corrected chi connectivity index (χ1v) is 5.72. The van der Waals surface area contributed by atoms with Crippen LogP contribution in [0.15, 0.2) is 12.1 Å². The zero-order valence-corrected chi connectivity index (χ0v) is 11.1. The molecule has 0 spiro atoms. The van der Waals surface area contributed by atoms with Gasteiger partial charge in [0.1, 0.15) is 5.69 Å². The first-order chi connectivity index (χ1) is 8.68. The van der Waals surface area contributed by atoms with Crippen molar-refractivity contribution in [2.24, 2.45) is 11.1 Å². The van der Waals surface area contributed by atoms with Gasteiger partial charge in [0.15, 0.2) is 11.6 Å². The van der Waals surface area contributed by atoms with Crippen molar-refractivity contribution in [1.29, 1.82) is 0 Å². The summed E-state index contributed by atoms with van der Waals surface area (Å²) in [4.78, 5) is 11.0. The molecule has 5 nitrogen and oxygen atoms in total. The molecule has 0 bridgehead atoms. The van der Waals surface area contributed by atoms with Crippen molar-refractivity contribution in [1.82, 2.24) is 0 Å². The van der Waals surface area contributed by atoms with Crippen LogP contribution >= 0.6 is 0 Å². The number of hydrogen-bond acceptors (Lipinski definition) is 4. The lowest BCUT2D eigenvalue weighted by Crippen LogP contribution is -2.37. The minimum absolute atomic E-state index is 0.285. The van der Waals surface area contributed by atoms with E-state index in [1.54, 1.807) is 0 Å². The van der Waals surface area contributed by atoms with E-state index in [0.29, 0.717) is 25.2 Å². The fourth-order valence-corrected chi connectivity index (χ4v) is 1.81. The van der Waals surface area contributed by atoms with Gasteiger partial charge in [0.25, 0.3) is 5.69 Å². The van der Waals surface area contributed by atoms with E-state index < -0.39 is 22.2 Å². The Labute approximate surface area is 110 Å². The van der Waals surface area contributed by atoms with E-state index in [4.69, 9.17) is 5.73 Å². The maximum absolute atomic E-state index is 13.8. The maximum Gasteiger partial charge on any atom is 0.275 e. The summed E-state index contributed by atoms with van der Waals surface area (Å²) in [7, 11) is 1.52. The van der Waals surface area contributed by atoms with Gasteiger partial charge in [0, 0.05) is 13.6 Å². The van der Waals surface area contributed by atoms with Crippen LogP contribution in [0.5, 0.6) is 0 Å². The Bertz CT molecular complexity index is 469. The molecule has 2 N–H and O–H groups in total. The van der Waals surface area contributed by atoms with Gasteiger partial charge in [-0.1, -0.05) is 13.8 Å². The average molecular weight is 273 g/mol. The van der Waals surface area contributed by atoms with Gasteiger partial charge in [-0.05, 0) is 12.0 Å². The Morgan fingerprint density at radius 3 is 2.21 bits per heavy atom. The lowest BCUT2D eigenvalue weighted by molar-refractivity contribution is -0.385. The third-order valence-corrected chi connectivity index (χ3v) is 2.81. The molecule has 106 valence electrons. The smallest absolute Gasteiger partial charge is 0.275 e. The number of benzene rings is 1. The summed E-state index contributed by atoms with van der Waals surface area (Å²) in [5, 5.41) is 10.5. The summed E-state index contributed by atoms with van der Waals surface area (Å²) in [6.45, 7) is 4.41. The number of nitrogens with zero attached hydrogens (tertiary/aromatic N) is 2. The van der Waals surface area contributed by atoms with E-state index in [0.717, 1.165) is 0 Å². The fraction of sp³-hybridized carbons (Fsp3) is 0.500. The second kappa shape index (κ2) is 5.48. The van der Waals surface area contributed by atoms with Crippen LogP contribution in [0, 0.1) is 27.2 Å². The summed E-state index contributed by atoms with van der Waals surface area (Å²) in [6, 6.07) is 1.43. The van der Waals surface area contributed by atoms with Crippen molar-refractivity contribution in [2.45, 2.75) is 13.8 Å². The number of halogens is 2. The van der Waals surface area contributed by atoms with Gasteiger partial charge in [-0.3, -0.25) is 10.1 Å². The highest BCUT2D eigenvalue weighted by atomic mass is 19.1. The number of anilines is 1. The average Bonchev–Trinajstić information content (AvgIpc) is 2.27. The molecule has 0 unspecified atom stereocenters. The number of nitro benzene ring substituents is 1. The van der Waals surface area contributed by atoms with Crippen LogP contribution in [0.4, 0.5) is 20.2 Å². The Morgan fingerprint density at radius 1 is 1.37 bits per heavy atom. The summed E-state index contributed by atoms with van der Waals surface area (Å²) < 4.78 is 27.6. The maximum atomic E-state index is 13.8. The molecule has 0 aliphatic heterocycles. The minimum Gasteiger partial charge on any atom is -0.369 e. The molecule has 0 saturated heterocycles. The molecule has 0 saturated carbocycles. The molecule has 0 atom stereocenters. The van der Waals surface area contributed by atoms with Gasteiger partial charge in [0.05, 0.1) is 17.1 Å². The topological polar surface area (TPSA) is 72.4 Å². The Balaban J connectivity index is 3.11. The molecule has 0 radical (unpaired) electrons. The first-order valence-electron chi connectivity index (χ1n) is 5.72. The van der Waals surface area contributed by atoms with Gasteiger partial charge in [-0.15, -0.1) is 0 Å². The largest absolute Gasteiger partial charge is 0.369 e. The molecule has 1 rings (SSSR count). The van der Waals surface area contributed by atoms with Crippen molar-refractivity contribution in [2.75, 3.05) is 25.0 Å². The molecule has 7 heteroatoms. The van der Waals surface area contributed by atoms with Gasteiger partial charge in [-0.25, -0.2) is 8.78 Å². The molecular weight excluding hydrogens is 256 g/mol. The first kappa shape index (κ1) is 15.3. The van der Waals surface area contributed by atoms with Crippen LogP contribution in [0.25, 0.3) is 0 Å². The molecule has 0 amide bonds. The summed E-state index contributed by atoms with van der Waals surface area (Å²) >= 11 is 0. The van der Waals surface area contributed by atoms with E-state index >= 15 is 0 Å². The number of non-ortho nitro benzene ring substituents is 1. The van der Waals surface area contributed by atoms with E-state index in [-0.39, 0.29) is 11.1 Å². The third-order valence-electron chi connectivity index (χ3n) is 2.81. The van der Waals surface area contributed by atoms with E-state index in [9.17, 15) is 18.9 Å². The van der Waals surface area contributed by atoms with Gasteiger partial charge in [0.2, 0.25) is 0 Å². The standard InChI is InChI=1S/C12H17F2N3O2/c1-12(2,6-15)7-16(3)11-9(13)4-8(17(18)19)5-10(11)14/h4-5H,6-7,15H2,1-3H3. The molecular formula is C12H17F2N3O2. The molecule has 1 aromatic rings. The highest BCUT2D eigenvalue weighted by molar-refractivity contribution is 5.53. The molecule has 1 aromatic carbocycles. The zero-order chi connectivity index (χ0) is 14.8. The molecule has 0 aliphatic rings. The van der Waals surface area contributed by atoms with Crippen LogP contribution < -0.4 is 10.6 Å². The van der Waals surface area contributed by atoms with Crippen LogP contribution in [0.3, 0.4) is 0 Å². The number of nitrogens with two attached hydrogens (primary N) is 1. The van der Waals surface area contributed by atoms with Crippen LogP contribution in [-0.4, -0.2) is 25.1 Å². The predicted octanol–water partition coefficient (Wildman–Crippen LogP) is 2.29. The Kier molecular flexibility index (Phi) is 4.41. The highest BCUT2D eigenvalue weighted by Gasteiger charge is 2.24. The Morgan fingerprint density at radius 2 is 1.84 bits per heavy atom. The fourth-order valence-electron chi connectivity index (χ4n) is 1.81. The molecule has 0 aromatic heterocycles. The van der Waals surface area contributed by atoms with Crippen LogP contribution in [0.1, 0.15) is 13.8 Å². The van der Waals surface area contributed by atoms with Crippen LogP contribution in [0.2, 0.25) is 0 Å². The van der Waals surface area contributed by atoms with Crippen molar-refractivity contribution < 1.29 is 13.7 Å². The van der Waals surface area contributed by atoms with Gasteiger partial charge < -0.3 is 10.6 Å². The van der Waals surface area contributed by atoms with Crippen LogP contribution in [-0.2, 0) is 0 Å². The third kappa shape index (κ3) is 3.60. The predicted molar refractivity (Wildman–Crippen MR) is 69.1 cm³/mol. The van der Waals surface area contributed by atoms with Gasteiger partial charge >= 0.3 is 0 Å². The number of nitro groups is 1. The quantitative estimate of drug-likeness (QED) is 0.660. The SMILES string of the molecule is CN(CC(C)(C)CN)c1c(F)cc([N+](=O)[O-])cc1F. The van der Waals surface area contributed by atoms with Crippen molar-refractivity contribution >= 4 is 11.4 Å². The monoisotopic (exact) mass is 273 g/mol. The van der Waals surface area contributed by atoms with E-state index in [1.165, 1.54) is 11.9 Å². The molecule has 0 heterocycles. The summed E-state index contributed by atoms with van der Waals surface area (Å²) in [5.74, 6) is -1.91. The normalized spacial score (nSPS) is 11.5. The van der Waals surface area contributed by atoms with E-state index in [2.05, 4.69) is 0 Å². The van der Waals surface area contributed by atoms with Gasteiger partial charge in [-0.2, -0.15) is 0 Å². The summed E-state index contributed by atoms with van der Waals surface area (Å²) in [6.07, 6.45) is 0. The lowest BCUT2D eigenvalue weighted by atomic mass is 9.93.